The number of hydrogen-bond donors (Lipinski definition) is 0. The van der Waals surface area contributed by atoms with E-state index in [0.29, 0.717) is 18.8 Å². The van der Waals surface area contributed by atoms with Gasteiger partial charge in [-0.25, -0.2) is 4.98 Å². The van der Waals surface area contributed by atoms with Crippen LogP contribution in [0.5, 0.6) is 0 Å². The molecule has 4 heterocycles. The number of rotatable bonds is 3. The predicted octanol–water partition coefficient (Wildman–Crippen LogP) is 2.59. The van der Waals surface area contributed by atoms with Crippen LogP contribution in [0.4, 0.5) is 11.8 Å². The molecule has 0 bridgehead atoms. The molecule has 148 valence electrons. The lowest BCUT2D eigenvalue weighted by molar-refractivity contribution is 0.0714. The van der Waals surface area contributed by atoms with E-state index in [1.807, 2.05) is 17.2 Å². The van der Waals surface area contributed by atoms with Crippen LogP contribution in [0.15, 0.2) is 59.3 Å². The molecular formula is C22H23N5O2. The highest BCUT2D eigenvalue weighted by molar-refractivity contribution is 5.91. The summed E-state index contributed by atoms with van der Waals surface area (Å²) in [7, 11) is 0. The monoisotopic (exact) mass is 389 g/mol. The molecule has 0 unspecified atom stereocenters. The highest BCUT2D eigenvalue weighted by Crippen LogP contribution is 2.24. The topological polar surface area (TPSA) is 65.7 Å². The summed E-state index contributed by atoms with van der Waals surface area (Å²) in [6.07, 6.45) is 4.38. The van der Waals surface area contributed by atoms with E-state index in [1.165, 1.54) is 17.4 Å². The van der Waals surface area contributed by atoms with Gasteiger partial charge >= 0.3 is 0 Å². The normalized spacial score (nSPS) is 16.6. The number of nitrogens with zero attached hydrogens (tertiary/aromatic N) is 5. The minimum atomic E-state index is -0.0509. The third-order valence-electron chi connectivity index (χ3n) is 5.66. The lowest BCUT2D eigenvalue weighted by Crippen LogP contribution is -2.49. The SMILES string of the molecule is O=C(c1ccco1)N1CCN(c2ccnc(N3CCc4ccccc4C3)n2)CC1. The molecule has 29 heavy (non-hydrogen) atoms. The maximum Gasteiger partial charge on any atom is 0.289 e. The third kappa shape index (κ3) is 3.55. The zero-order valence-corrected chi connectivity index (χ0v) is 16.2. The molecule has 0 saturated carbocycles. The van der Waals surface area contributed by atoms with Gasteiger partial charge in [0.15, 0.2) is 5.76 Å². The molecule has 0 N–H and O–H groups in total. The first-order valence-corrected chi connectivity index (χ1v) is 10.0. The zero-order chi connectivity index (χ0) is 19.6. The van der Waals surface area contributed by atoms with Gasteiger partial charge in [0.1, 0.15) is 5.82 Å². The Morgan fingerprint density at radius 1 is 0.897 bits per heavy atom. The van der Waals surface area contributed by atoms with Crippen molar-refractivity contribution in [3.63, 3.8) is 0 Å². The van der Waals surface area contributed by atoms with Crippen molar-refractivity contribution in [3.05, 3.63) is 71.8 Å². The quantitative estimate of drug-likeness (QED) is 0.686. The van der Waals surface area contributed by atoms with E-state index in [9.17, 15) is 4.79 Å². The molecular weight excluding hydrogens is 366 g/mol. The molecule has 5 rings (SSSR count). The van der Waals surface area contributed by atoms with Crippen molar-refractivity contribution in [2.45, 2.75) is 13.0 Å². The van der Waals surface area contributed by atoms with Gasteiger partial charge in [-0.1, -0.05) is 24.3 Å². The molecule has 0 aliphatic carbocycles. The first-order valence-electron chi connectivity index (χ1n) is 10.0. The van der Waals surface area contributed by atoms with Gasteiger partial charge in [0.2, 0.25) is 5.95 Å². The second kappa shape index (κ2) is 7.58. The summed E-state index contributed by atoms with van der Waals surface area (Å²) in [5.41, 5.74) is 2.76. The number of benzene rings is 1. The van der Waals surface area contributed by atoms with Crippen LogP contribution in [0.3, 0.4) is 0 Å². The minimum absolute atomic E-state index is 0.0509. The average molecular weight is 389 g/mol. The van der Waals surface area contributed by atoms with E-state index >= 15 is 0 Å². The van der Waals surface area contributed by atoms with Crippen LogP contribution >= 0.6 is 0 Å². The zero-order valence-electron chi connectivity index (χ0n) is 16.2. The van der Waals surface area contributed by atoms with E-state index in [2.05, 4.69) is 39.0 Å². The number of fused-ring (bicyclic) bond motifs is 1. The van der Waals surface area contributed by atoms with Crippen LogP contribution < -0.4 is 9.80 Å². The maximum absolute atomic E-state index is 12.4. The predicted molar refractivity (Wildman–Crippen MR) is 110 cm³/mol. The van der Waals surface area contributed by atoms with Gasteiger partial charge in [0, 0.05) is 45.5 Å². The Labute approximate surface area is 169 Å². The lowest BCUT2D eigenvalue weighted by Gasteiger charge is -2.35. The number of amides is 1. The summed E-state index contributed by atoms with van der Waals surface area (Å²) < 4.78 is 5.24. The van der Waals surface area contributed by atoms with Crippen LogP contribution in [-0.2, 0) is 13.0 Å². The van der Waals surface area contributed by atoms with E-state index in [0.717, 1.165) is 44.4 Å². The highest BCUT2D eigenvalue weighted by Gasteiger charge is 2.25. The van der Waals surface area contributed by atoms with E-state index in [1.54, 1.807) is 12.1 Å². The molecule has 1 fully saturated rings. The Bertz CT molecular complexity index is 996. The van der Waals surface area contributed by atoms with Gasteiger partial charge in [-0.15, -0.1) is 0 Å². The lowest BCUT2D eigenvalue weighted by atomic mass is 10.0. The molecule has 7 heteroatoms. The fourth-order valence-corrected chi connectivity index (χ4v) is 4.03. The smallest absolute Gasteiger partial charge is 0.289 e. The van der Waals surface area contributed by atoms with Gasteiger partial charge in [-0.3, -0.25) is 4.79 Å². The molecule has 2 aliphatic heterocycles. The van der Waals surface area contributed by atoms with Crippen molar-refractivity contribution >= 4 is 17.7 Å². The first kappa shape index (κ1) is 17.7. The van der Waals surface area contributed by atoms with Crippen molar-refractivity contribution in [2.75, 3.05) is 42.5 Å². The minimum Gasteiger partial charge on any atom is -0.459 e. The highest BCUT2D eigenvalue weighted by atomic mass is 16.3. The molecule has 7 nitrogen and oxygen atoms in total. The molecule has 0 spiro atoms. The fourth-order valence-electron chi connectivity index (χ4n) is 4.03. The second-order valence-corrected chi connectivity index (χ2v) is 7.41. The number of aromatic nitrogens is 2. The first-order chi connectivity index (χ1) is 14.3. The molecule has 1 amide bonds. The number of carbonyl (C=O) groups is 1. The van der Waals surface area contributed by atoms with E-state index in [4.69, 9.17) is 9.40 Å². The summed E-state index contributed by atoms with van der Waals surface area (Å²) in [5, 5.41) is 0. The largest absolute Gasteiger partial charge is 0.459 e. The summed E-state index contributed by atoms with van der Waals surface area (Å²) >= 11 is 0. The van der Waals surface area contributed by atoms with Crippen molar-refractivity contribution in [3.8, 4) is 0 Å². The van der Waals surface area contributed by atoms with E-state index < -0.39 is 0 Å². The van der Waals surface area contributed by atoms with Crippen LogP contribution in [0.2, 0.25) is 0 Å². The number of furan rings is 1. The molecule has 2 aromatic heterocycles. The fraction of sp³-hybridized carbons (Fsp3) is 0.318. The Balaban J connectivity index is 1.26. The summed E-state index contributed by atoms with van der Waals surface area (Å²) in [6.45, 7) is 4.54. The maximum atomic E-state index is 12.4. The number of piperazine rings is 1. The van der Waals surface area contributed by atoms with Crippen molar-refractivity contribution in [2.24, 2.45) is 0 Å². The van der Waals surface area contributed by atoms with Gasteiger partial charge in [0.05, 0.1) is 6.26 Å². The van der Waals surface area contributed by atoms with Crippen LogP contribution in [0.1, 0.15) is 21.7 Å². The standard InChI is InChI=1S/C22H23N5O2/c28-21(19-6-3-15-29-19)26-13-11-25(12-14-26)20-7-9-23-22(24-20)27-10-8-17-4-1-2-5-18(17)16-27/h1-7,9,15H,8,10-14,16H2. The Hall–Kier alpha value is -3.35. The van der Waals surface area contributed by atoms with Crippen molar-refractivity contribution in [1.82, 2.24) is 14.9 Å². The summed E-state index contributed by atoms with van der Waals surface area (Å²) in [4.78, 5) is 28.1. The van der Waals surface area contributed by atoms with Crippen LogP contribution in [0, 0.1) is 0 Å². The van der Waals surface area contributed by atoms with Crippen molar-refractivity contribution in [1.29, 1.82) is 0 Å². The summed E-state index contributed by atoms with van der Waals surface area (Å²) in [5.74, 6) is 2.03. The molecule has 0 atom stereocenters. The Morgan fingerprint density at radius 2 is 1.72 bits per heavy atom. The molecule has 0 radical (unpaired) electrons. The second-order valence-electron chi connectivity index (χ2n) is 7.41. The van der Waals surface area contributed by atoms with Crippen LogP contribution in [0.25, 0.3) is 0 Å². The Morgan fingerprint density at radius 3 is 2.52 bits per heavy atom. The average Bonchev–Trinajstić information content (AvgIpc) is 3.33. The molecule has 1 aromatic carbocycles. The number of hydrogen-bond acceptors (Lipinski definition) is 6. The number of anilines is 2. The van der Waals surface area contributed by atoms with E-state index in [-0.39, 0.29) is 5.91 Å². The molecule has 1 saturated heterocycles. The Kier molecular flexibility index (Phi) is 4.63. The van der Waals surface area contributed by atoms with Gasteiger partial charge in [-0.05, 0) is 35.7 Å². The van der Waals surface area contributed by atoms with Gasteiger partial charge < -0.3 is 19.1 Å². The van der Waals surface area contributed by atoms with Crippen molar-refractivity contribution < 1.29 is 9.21 Å². The van der Waals surface area contributed by atoms with Gasteiger partial charge in [-0.2, -0.15) is 4.98 Å². The molecule has 3 aromatic rings. The van der Waals surface area contributed by atoms with Gasteiger partial charge in [0.25, 0.3) is 5.91 Å². The third-order valence-corrected chi connectivity index (χ3v) is 5.66. The molecule has 2 aliphatic rings. The summed E-state index contributed by atoms with van der Waals surface area (Å²) in [6, 6.07) is 14.0. The number of carbonyl (C=O) groups excluding carboxylic acids is 1. The van der Waals surface area contributed by atoms with Crippen LogP contribution in [-0.4, -0.2) is 53.5 Å².